The van der Waals surface area contributed by atoms with Gasteiger partial charge in [-0.2, -0.15) is 0 Å². The Labute approximate surface area is 211 Å². The Morgan fingerprint density at radius 3 is 2.66 bits per heavy atom. The summed E-state index contributed by atoms with van der Waals surface area (Å²) in [6.45, 7) is 13.1. The van der Waals surface area contributed by atoms with E-state index in [1.807, 2.05) is 0 Å². The van der Waals surface area contributed by atoms with Crippen LogP contribution in [0.15, 0.2) is 16.8 Å². The number of aliphatic hydroxyl groups is 1. The van der Waals surface area contributed by atoms with Crippen LogP contribution in [0.5, 0.6) is 0 Å². The zero-order valence-corrected chi connectivity index (χ0v) is 22.5. The zero-order valence-electron chi connectivity index (χ0n) is 22.5. The number of allylic oxidation sites excluding steroid dienone is 1. The van der Waals surface area contributed by atoms with Crippen molar-refractivity contribution in [1.29, 1.82) is 0 Å². The molecule has 0 aromatic heterocycles. The Morgan fingerprint density at radius 1 is 1.11 bits per heavy atom. The standard InChI is InChI=1S/C29H47N3O3/c1-18(32-35-26(34)31-17-25-27(2,3)14-15-30-25)22-8-9-23-21-7-6-19-16-20(33)10-12-28(19,4)24(21)11-13-29(22,23)5/h16,20-25,30,33H,6-15,17H2,1-5H3,(H,31,34)/b32-18+/t20-,21+,22-,23+,24+,25?,28+,29-/m1/s1. The molecule has 1 aliphatic heterocycles. The molecule has 0 radical (unpaired) electrons. The summed E-state index contributed by atoms with van der Waals surface area (Å²) in [6, 6.07) is 0.268. The molecule has 6 nitrogen and oxygen atoms in total. The molecule has 0 spiro atoms. The zero-order chi connectivity index (χ0) is 25.0. The van der Waals surface area contributed by atoms with Crippen molar-refractivity contribution >= 4 is 11.8 Å². The number of hydrogen-bond donors (Lipinski definition) is 3. The largest absolute Gasteiger partial charge is 0.433 e. The lowest BCUT2D eigenvalue weighted by Gasteiger charge is -2.58. The van der Waals surface area contributed by atoms with Crippen LogP contribution in [0.2, 0.25) is 0 Å². The Morgan fingerprint density at radius 2 is 1.91 bits per heavy atom. The molecule has 196 valence electrons. The molecule has 4 aliphatic carbocycles. The number of nitrogens with one attached hydrogen (secondary N) is 2. The van der Waals surface area contributed by atoms with Gasteiger partial charge in [0.2, 0.25) is 0 Å². The van der Waals surface area contributed by atoms with Gasteiger partial charge in [-0.3, -0.25) is 4.84 Å². The highest BCUT2D eigenvalue weighted by Gasteiger charge is 2.59. The smallest absolute Gasteiger partial charge is 0.389 e. The van der Waals surface area contributed by atoms with Gasteiger partial charge in [0.15, 0.2) is 0 Å². The molecule has 0 bridgehead atoms. The highest BCUT2D eigenvalue weighted by Crippen LogP contribution is 2.66. The van der Waals surface area contributed by atoms with E-state index < -0.39 is 6.09 Å². The summed E-state index contributed by atoms with van der Waals surface area (Å²) in [5.74, 6) is 2.59. The molecule has 0 aromatic rings. The van der Waals surface area contributed by atoms with E-state index in [9.17, 15) is 9.90 Å². The van der Waals surface area contributed by atoms with E-state index in [1.54, 1.807) is 0 Å². The van der Waals surface area contributed by atoms with Gasteiger partial charge in [-0.15, -0.1) is 0 Å². The number of carbonyl (C=O) groups excluding carboxylic acids is 1. The summed E-state index contributed by atoms with van der Waals surface area (Å²) in [4.78, 5) is 17.7. The predicted octanol–water partition coefficient (Wildman–Crippen LogP) is 5.42. The van der Waals surface area contributed by atoms with Gasteiger partial charge < -0.3 is 15.7 Å². The molecule has 5 aliphatic rings. The van der Waals surface area contributed by atoms with Crippen molar-refractivity contribution in [3.8, 4) is 0 Å². The first kappa shape index (κ1) is 25.3. The Hall–Kier alpha value is -1.40. The summed E-state index contributed by atoms with van der Waals surface area (Å²) in [7, 11) is 0. The molecule has 0 aromatic carbocycles. The number of carbonyl (C=O) groups is 1. The molecule has 1 saturated heterocycles. The van der Waals surface area contributed by atoms with Gasteiger partial charge in [0, 0.05) is 18.5 Å². The summed E-state index contributed by atoms with van der Waals surface area (Å²) in [5.41, 5.74) is 3.20. The molecule has 3 N–H and O–H groups in total. The number of nitrogens with zero attached hydrogens (tertiary/aromatic N) is 1. The van der Waals surface area contributed by atoms with Crippen molar-refractivity contribution in [3.05, 3.63) is 11.6 Å². The van der Waals surface area contributed by atoms with Gasteiger partial charge >= 0.3 is 6.09 Å². The fourth-order valence-electron chi connectivity index (χ4n) is 9.16. The van der Waals surface area contributed by atoms with Crippen molar-refractivity contribution in [2.24, 2.45) is 45.1 Å². The monoisotopic (exact) mass is 485 g/mol. The number of aliphatic hydroxyl groups excluding tert-OH is 1. The van der Waals surface area contributed by atoms with Crippen molar-refractivity contribution in [2.75, 3.05) is 13.1 Å². The summed E-state index contributed by atoms with van der Waals surface area (Å²) in [5, 5.41) is 21.0. The highest BCUT2D eigenvalue weighted by molar-refractivity contribution is 5.85. The molecule has 8 atom stereocenters. The van der Waals surface area contributed by atoms with Crippen molar-refractivity contribution in [3.63, 3.8) is 0 Å². The second kappa shape index (κ2) is 9.16. The lowest BCUT2D eigenvalue weighted by Crippen LogP contribution is -2.51. The minimum atomic E-state index is -0.448. The van der Waals surface area contributed by atoms with Crippen molar-refractivity contribution in [2.45, 2.75) is 105 Å². The Balaban J connectivity index is 1.22. The fourth-order valence-corrected chi connectivity index (χ4v) is 9.16. The van der Waals surface area contributed by atoms with E-state index in [0.29, 0.717) is 18.4 Å². The van der Waals surface area contributed by atoms with Gasteiger partial charge in [0.05, 0.1) is 11.8 Å². The van der Waals surface area contributed by atoms with Crippen LogP contribution >= 0.6 is 0 Å². The normalized spacial score (nSPS) is 44.6. The minimum Gasteiger partial charge on any atom is -0.389 e. The summed E-state index contributed by atoms with van der Waals surface area (Å²) in [6.07, 6.45) is 11.9. The van der Waals surface area contributed by atoms with E-state index in [0.717, 1.165) is 56.2 Å². The quantitative estimate of drug-likeness (QED) is 0.215. The molecule has 5 rings (SSSR count). The van der Waals surface area contributed by atoms with E-state index in [-0.39, 0.29) is 28.4 Å². The van der Waals surface area contributed by atoms with Gasteiger partial charge in [-0.05, 0) is 105 Å². The molecular weight excluding hydrogens is 438 g/mol. The molecule has 1 heterocycles. The predicted molar refractivity (Wildman–Crippen MR) is 139 cm³/mol. The van der Waals surface area contributed by atoms with Crippen LogP contribution < -0.4 is 10.6 Å². The number of amides is 1. The average Bonchev–Trinajstić information content (AvgIpc) is 3.34. The minimum absolute atomic E-state index is 0.183. The third kappa shape index (κ3) is 4.37. The molecular formula is C29H47N3O3. The van der Waals surface area contributed by atoms with Gasteiger partial charge in [-0.1, -0.05) is 44.5 Å². The van der Waals surface area contributed by atoms with Gasteiger partial charge in [-0.25, -0.2) is 4.79 Å². The van der Waals surface area contributed by atoms with Crippen LogP contribution in [-0.2, 0) is 4.84 Å². The van der Waals surface area contributed by atoms with Crippen LogP contribution in [0.3, 0.4) is 0 Å². The van der Waals surface area contributed by atoms with Crippen LogP contribution in [-0.4, -0.2) is 42.1 Å². The topological polar surface area (TPSA) is 83.0 Å². The number of oxime groups is 1. The molecule has 4 fully saturated rings. The third-order valence-corrected chi connectivity index (χ3v) is 11.4. The van der Waals surface area contributed by atoms with Gasteiger partial charge in [0.1, 0.15) is 0 Å². The molecule has 35 heavy (non-hydrogen) atoms. The van der Waals surface area contributed by atoms with Crippen LogP contribution in [0, 0.1) is 39.9 Å². The third-order valence-electron chi connectivity index (χ3n) is 11.4. The van der Waals surface area contributed by atoms with E-state index in [4.69, 9.17) is 4.84 Å². The second-order valence-corrected chi connectivity index (χ2v) is 13.5. The molecule has 1 amide bonds. The SMILES string of the molecule is C/C(=N\OC(=O)NCC1NCCC1(C)C)[C@H]1CC[C@H]2[C@@H]3CCC4=C[C@H](O)CC[C@]4(C)[C@H]3CC[C@]12C. The van der Waals surface area contributed by atoms with Crippen LogP contribution in [0.4, 0.5) is 4.79 Å². The Bertz CT molecular complexity index is 898. The number of fused-ring (bicyclic) bond motifs is 5. The summed E-state index contributed by atoms with van der Waals surface area (Å²) >= 11 is 0. The van der Waals surface area contributed by atoms with Crippen molar-refractivity contribution in [1.82, 2.24) is 10.6 Å². The van der Waals surface area contributed by atoms with Crippen molar-refractivity contribution < 1.29 is 14.7 Å². The lowest BCUT2D eigenvalue weighted by atomic mass is 9.46. The van der Waals surface area contributed by atoms with E-state index in [1.165, 1.54) is 31.3 Å². The van der Waals surface area contributed by atoms with Crippen LogP contribution in [0.1, 0.15) is 92.4 Å². The number of rotatable bonds is 4. The fraction of sp³-hybridized carbons (Fsp3) is 0.862. The Kier molecular flexibility index (Phi) is 6.61. The highest BCUT2D eigenvalue weighted by atomic mass is 16.7. The first-order valence-corrected chi connectivity index (χ1v) is 14.2. The maximum atomic E-state index is 12.4. The second-order valence-electron chi connectivity index (χ2n) is 13.5. The molecule has 1 unspecified atom stereocenters. The maximum Gasteiger partial charge on any atom is 0.433 e. The first-order valence-electron chi connectivity index (χ1n) is 14.2. The van der Waals surface area contributed by atoms with E-state index >= 15 is 0 Å². The lowest BCUT2D eigenvalue weighted by molar-refractivity contribution is -0.0479. The average molecular weight is 486 g/mol. The molecule has 3 saturated carbocycles. The molecule has 6 heteroatoms. The van der Waals surface area contributed by atoms with Gasteiger partial charge in [0.25, 0.3) is 0 Å². The van der Waals surface area contributed by atoms with Crippen LogP contribution in [0.25, 0.3) is 0 Å². The maximum absolute atomic E-state index is 12.4. The number of hydrogen-bond acceptors (Lipinski definition) is 5. The first-order chi connectivity index (χ1) is 16.5. The summed E-state index contributed by atoms with van der Waals surface area (Å²) < 4.78 is 0. The van der Waals surface area contributed by atoms with E-state index in [2.05, 4.69) is 56.5 Å².